The molecule has 10 nitrogen and oxygen atoms in total. The lowest BCUT2D eigenvalue weighted by molar-refractivity contribution is -0.135. The Kier molecular flexibility index (Phi) is 8.24. The molecule has 0 aliphatic carbocycles. The topological polar surface area (TPSA) is 159 Å². The second-order valence-corrected chi connectivity index (χ2v) is 10.2. The third-order valence-electron chi connectivity index (χ3n) is 6.54. The van der Waals surface area contributed by atoms with Gasteiger partial charge in [-0.2, -0.15) is 0 Å². The summed E-state index contributed by atoms with van der Waals surface area (Å²) in [5.41, 5.74) is 0.496. The third kappa shape index (κ3) is 5.38. The van der Waals surface area contributed by atoms with Crippen molar-refractivity contribution in [2.45, 2.75) is 50.6 Å². The molecule has 0 radical (unpaired) electrons. The summed E-state index contributed by atoms with van der Waals surface area (Å²) >= 11 is 1.39. The van der Waals surface area contributed by atoms with E-state index in [9.17, 15) is 29.7 Å². The number of benzene rings is 1. The molecular formula is C23H31N3O7S. The van der Waals surface area contributed by atoms with Crippen LogP contribution in [0.4, 0.5) is 5.69 Å². The van der Waals surface area contributed by atoms with Gasteiger partial charge in [0.25, 0.3) is 0 Å². The molecule has 6 unspecified atom stereocenters. The normalized spacial score (nSPS) is 26.4. The van der Waals surface area contributed by atoms with Crippen LogP contribution >= 0.6 is 11.8 Å². The van der Waals surface area contributed by atoms with Crippen LogP contribution in [-0.4, -0.2) is 79.9 Å². The number of aliphatic hydroxyl groups is 2. The number of aliphatic hydroxyl groups excluding tert-OH is 2. The number of nitrogens with zero attached hydrogens (tertiary/aromatic N) is 1. The molecule has 34 heavy (non-hydrogen) atoms. The number of amides is 1. The number of carbonyl (C=O) groups excluding carboxylic acids is 1. The van der Waals surface area contributed by atoms with Crippen LogP contribution in [0.25, 0.3) is 0 Å². The predicted molar refractivity (Wildman–Crippen MR) is 127 cm³/mol. The molecule has 1 saturated heterocycles. The van der Waals surface area contributed by atoms with Crippen molar-refractivity contribution in [1.29, 1.82) is 0 Å². The molecule has 3 rings (SSSR count). The number of carbonyl (C=O) groups is 3. The molecule has 6 atom stereocenters. The Morgan fingerprint density at radius 2 is 1.94 bits per heavy atom. The molecule has 1 amide bonds. The van der Waals surface area contributed by atoms with E-state index in [4.69, 9.17) is 5.11 Å². The Morgan fingerprint density at radius 3 is 2.53 bits per heavy atom. The van der Waals surface area contributed by atoms with Crippen molar-refractivity contribution in [3.63, 3.8) is 0 Å². The van der Waals surface area contributed by atoms with Gasteiger partial charge in [-0.25, -0.2) is 9.59 Å². The minimum absolute atomic E-state index is 0.0379. The molecular weight excluding hydrogens is 462 g/mol. The van der Waals surface area contributed by atoms with Gasteiger partial charge < -0.3 is 36.0 Å². The van der Waals surface area contributed by atoms with Crippen LogP contribution in [0.2, 0.25) is 0 Å². The van der Waals surface area contributed by atoms with Gasteiger partial charge in [0, 0.05) is 40.3 Å². The molecule has 1 aromatic rings. The number of aliphatic carboxylic acids is 1. The van der Waals surface area contributed by atoms with Crippen molar-refractivity contribution in [3.05, 3.63) is 40.4 Å². The molecule has 0 aromatic heterocycles. The summed E-state index contributed by atoms with van der Waals surface area (Å²) in [4.78, 5) is 38.0. The van der Waals surface area contributed by atoms with E-state index in [-0.39, 0.29) is 40.3 Å². The zero-order valence-corrected chi connectivity index (χ0v) is 20.1. The van der Waals surface area contributed by atoms with Gasteiger partial charge in [-0.15, -0.1) is 11.8 Å². The number of hydrogen-bond acceptors (Lipinski definition) is 8. The van der Waals surface area contributed by atoms with Crippen molar-refractivity contribution in [2.24, 2.45) is 11.8 Å². The van der Waals surface area contributed by atoms with E-state index in [0.29, 0.717) is 23.6 Å². The second-order valence-electron chi connectivity index (χ2n) is 8.82. The highest BCUT2D eigenvalue weighted by molar-refractivity contribution is 8.03. The number of carboxylic acid groups (broad SMARTS) is 2. The third-order valence-corrected chi connectivity index (χ3v) is 8.05. The Labute approximate surface area is 202 Å². The smallest absolute Gasteiger partial charge is 0.353 e. The molecule has 186 valence electrons. The van der Waals surface area contributed by atoms with Crippen LogP contribution in [-0.2, 0) is 9.59 Å². The van der Waals surface area contributed by atoms with Crippen LogP contribution in [0.15, 0.2) is 34.9 Å². The number of nitrogens with one attached hydrogen (secondary N) is 2. The maximum Gasteiger partial charge on any atom is 0.353 e. The number of thioether (sulfide) groups is 1. The molecule has 11 heteroatoms. The second kappa shape index (κ2) is 10.8. The SMILES string of the molecule is CC(O)C(C)C1C(C)C(SC2CNC(C(=O)Nc3cccc(C(=O)O)c3)C2)=C(C(=O)O)N1CO. The first-order valence-electron chi connectivity index (χ1n) is 11.1. The summed E-state index contributed by atoms with van der Waals surface area (Å²) in [6.07, 6.45) is -0.227. The van der Waals surface area contributed by atoms with E-state index in [1.807, 2.05) is 13.8 Å². The van der Waals surface area contributed by atoms with Crippen LogP contribution < -0.4 is 10.6 Å². The predicted octanol–water partition coefficient (Wildman–Crippen LogP) is 1.37. The van der Waals surface area contributed by atoms with E-state index < -0.39 is 30.8 Å². The molecule has 2 aliphatic heterocycles. The van der Waals surface area contributed by atoms with E-state index in [1.54, 1.807) is 19.1 Å². The van der Waals surface area contributed by atoms with E-state index in [1.165, 1.54) is 28.8 Å². The lowest BCUT2D eigenvalue weighted by Gasteiger charge is -2.34. The van der Waals surface area contributed by atoms with Gasteiger partial charge in [0.15, 0.2) is 0 Å². The van der Waals surface area contributed by atoms with Crippen molar-refractivity contribution in [2.75, 3.05) is 18.6 Å². The van der Waals surface area contributed by atoms with Crippen LogP contribution in [0.5, 0.6) is 0 Å². The first-order valence-corrected chi connectivity index (χ1v) is 12.0. The van der Waals surface area contributed by atoms with Gasteiger partial charge in [0.1, 0.15) is 12.4 Å². The maximum absolute atomic E-state index is 12.7. The summed E-state index contributed by atoms with van der Waals surface area (Å²) in [6.45, 7) is 5.39. The fourth-order valence-electron chi connectivity index (χ4n) is 4.64. The van der Waals surface area contributed by atoms with Gasteiger partial charge in [0.2, 0.25) is 5.91 Å². The highest BCUT2D eigenvalue weighted by atomic mass is 32.2. The number of carboxylic acids is 2. The summed E-state index contributed by atoms with van der Waals surface area (Å²) in [7, 11) is 0. The monoisotopic (exact) mass is 493 g/mol. The maximum atomic E-state index is 12.7. The number of aromatic carboxylic acids is 1. The Bertz CT molecular complexity index is 983. The van der Waals surface area contributed by atoms with Gasteiger partial charge >= 0.3 is 11.9 Å². The molecule has 2 heterocycles. The van der Waals surface area contributed by atoms with Gasteiger partial charge in [-0.05, 0) is 31.5 Å². The van der Waals surface area contributed by atoms with Crippen molar-refractivity contribution < 1.29 is 34.8 Å². The van der Waals surface area contributed by atoms with E-state index in [0.717, 1.165) is 0 Å². The van der Waals surface area contributed by atoms with Gasteiger partial charge in [-0.1, -0.05) is 19.9 Å². The molecule has 0 bridgehead atoms. The highest BCUT2D eigenvalue weighted by Gasteiger charge is 2.46. The standard InChI is InChI=1S/C23H31N3O7S/c1-11(13(3)28)18-12(2)20(19(23(32)33)26(18)10-27)34-16-8-17(24-9-16)21(29)25-15-6-4-5-14(7-15)22(30)31/h4-7,11-13,16-18,24,27-28H,8-10H2,1-3H3,(H,25,29)(H,30,31)(H,32,33). The fraction of sp³-hybridized carbons (Fsp3) is 0.522. The van der Waals surface area contributed by atoms with E-state index in [2.05, 4.69) is 10.6 Å². The lowest BCUT2D eigenvalue weighted by Crippen LogP contribution is -2.43. The molecule has 0 saturated carbocycles. The van der Waals surface area contributed by atoms with Crippen molar-refractivity contribution in [1.82, 2.24) is 10.2 Å². The van der Waals surface area contributed by atoms with Crippen molar-refractivity contribution in [3.8, 4) is 0 Å². The highest BCUT2D eigenvalue weighted by Crippen LogP contribution is 2.46. The minimum atomic E-state index is -1.14. The van der Waals surface area contributed by atoms with Gasteiger partial charge in [0.05, 0.1) is 17.7 Å². The van der Waals surface area contributed by atoms with Crippen LogP contribution in [0, 0.1) is 11.8 Å². The molecule has 1 aromatic carbocycles. The van der Waals surface area contributed by atoms with Crippen LogP contribution in [0.1, 0.15) is 37.6 Å². The average Bonchev–Trinajstić information content (AvgIpc) is 3.36. The first kappa shape index (κ1) is 26.0. The Hall–Kier alpha value is -2.60. The number of hydrogen-bond donors (Lipinski definition) is 6. The molecule has 2 aliphatic rings. The minimum Gasteiger partial charge on any atom is -0.478 e. The average molecular weight is 494 g/mol. The quantitative estimate of drug-likeness (QED) is 0.297. The number of rotatable bonds is 9. The zero-order chi connectivity index (χ0) is 25.2. The zero-order valence-electron chi connectivity index (χ0n) is 19.3. The van der Waals surface area contributed by atoms with Crippen molar-refractivity contribution >= 4 is 35.3 Å². The fourth-order valence-corrected chi connectivity index (χ4v) is 6.14. The first-order chi connectivity index (χ1) is 16.0. The Balaban J connectivity index is 1.71. The Morgan fingerprint density at radius 1 is 1.24 bits per heavy atom. The van der Waals surface area contributed by atoms with E-state index >= 15 is 0 Å². The van der Waals surface area contributed by atoms with Crippen LogP contribution in [0.3, 0.4) is 0 Å². The summed E-state index contributed by atoms with van der Waals surface area (Å²) in [5, 5.41) is 44.8. The largest absolute Gasteiger partial charge is 0.478 e. The molecule has 0 spiro atoms. The van der Waals surface area contributed by atoms with Gasteiger partial charge in [-0.3, -0.25) is 4.79 Å². The summed E-state index contributed by atoms with van der Waals surface area (Å²) in [6, 6.07) is 5.11. The summed E-state index contributed by atoms with van der Waals surface area (Å²) < 4.78 is 0. The molecule has 1 fully saturated rings. The molecule has 6 N–H and O–H groups in total. The number of anilines is 1. The lowest BCUT2D eigenvalue weighted by atomic mass is 9.88. The summed E-state index contributed by atoms with van der Waals surface area (Å²) in [5.74, 6) is -3.01.